The first-order valence-electron chi connectivity index (χ1n) is 8.78. The normalized spacial score (nSPS) is 18.9. The number of sulfone groups is 1. The Morgan fingerprint density at radius 1 is 1.15 bits per heavy atom. The van der Waals surface area contributed by atoms with E-state index in [-0.39, 0.29) is 17.9 Å². The van der Waals surface area contributed by atoms with Crippen molar-refractivity contribution in [2.45, 2.75) is 30.3 Å². The Morgan fingerprint density at radius 2 is 1.88 bits per heavy atom. The monoisotopic (exact) mass is 371 g/mol. The van der Waals surface area contributed by atoms with Crippen LogP contribution in [0.1, 0.15) is 18.4 Å². The average molecular weight is 371 g/mol. The van der Waals surface area contributed by atoms with Crippen LogP contribution >= 0.6 is 0 Å². The molecule has 2 aromatic rings. The second kappa shape index (κ2) is 6.43. The lowest BCUT2D eigenvalue weighted by Crippen LogP contribution is -2.35. The van der Waals surface area contributed by atoms with Gasteiger partial charge in [-0.25, -0.2) is 8.42 Å². The molecule has 5 nitrogen and oxygen atoms in total. The van der Waals surface area contributed by atoms with Gasteiger partial charge in [-0.05, 0) is 36.1 Å². The van der Waals surface area contributed by atoms with E-state index < -0.39 is 9.84 Å². The number of carbonyl (C=O) groups excluding carboxylic acids is 1. The van der Waals surface area contributed by atoms with Crippen LogP contribution in [0.3, 0.4) is 0 Å². The zero-order valence-electron chi connectivity index (χ0n) is 14.6. The van der Waals surface area contributed by atoms with Gasteiger partial charge in [-0.3, -0.25) is 4.79 Å². The van der Waals surface area contributed by atoms with Gasteiger partial charge in [0.1, 0.15) is 11.9 Å². The number of hydrogen-bond acceptors (Lipinski definition) is 4. The molecular formula is C20H21NO4S. The van der Waals surface area contributed by atoms with Gasteiger partial charge >= 0.3 is 0 Å². The number of para-hydroxylation sites is 1. The zero-order valence-corrected chi connectivity index (χ0v) is 15.4. The summed E-state index contributed by atoms with van der Waals surface area (Å²) in [7, 11) is -3.21. The second-order valence-electron chi connectivity index (χ2n) is 7.05. The highest BCUT2D eigenvalue weighted by atomic mass is 32.2. The minimum atomic E-state index is -3.21. The van der Waals surface area contributed by atoms with Crippen molar-refractivity contribution in [3.63, 3.8) is 0 Å². The molecule has 0 saturated heterocycles. The fraction of sp³-hybridized carbons (Fsp3) is 0.350. The van der Waals surface area contributed by atoms with Gasteiger partial charge in [0.25, 0.3) is 0 Å². The molecule has 0 aromatic heterocycles. The van der Waals surface area contributed by atoms with Crippen molar-refractivity contribution in [1.29, 1.82) is 0 Å². The van der Waals surface area contributed by atoms with Gasteiger partial charge in [0.2, 0.25) is 5.91 Å². The van der Waals surface area contributed by atoms with Gasteiger partial charge < -0.3 is 10.1 Å². The molecule has 1 fully saturated rings. The molecule has 0 bridgehead atoms. The SMILES string of the molecule is CS(=O)(=O)c1ccc(-c2cccc3c2O[C@H](CNC(=O)C2CC2)C3)cc1. The molecule has 1 aliphatic carbocycles. The quantitative estimate of drug-likeness (QED) is 0.877. The van der Waals surface area contributed by atoms with Crippen molar-refractivity contribution >= 4 is 15.7 Å². The first kappa shape index (κ1) is 17.1. The molecule has 1 amide bonds. The number of fused-ring (bicyclic) bond motifs is 1. The van der Waals surface area contributed by atoms with Crippen molar-refractivity contribution in [2.24, 2.45) is 5.92 Å². The average Bonchev–Trinajstić information content (AvgIpc) is 3.38. The molecule has 1 N–H and O–H groups in total. The van der Waals surface area contributed by atoms with E-state index in [1.807, 2.05) is 18.2 Å². The fourth-order valence-electron chi connectivity index (χ4n) is 3.27. The number of ether oxygens (including phenoxy) is 1. The van der Waals surface area contributed by atoms with Crippen LogP contribution < -0.4 is 10.1 Å². The highest BCUT2D eigenvalue weighted by Gasteiger charge is 2.31. The Morgan fingerprint density at radius 3 is 2.54 bits per heavy atom. The Bertz CT molecular complexity index is 946. The number of amides is 1. The Balaban J connectivity index is 1.52. The molecule has 136 valence electrons. The molecule has 6 heteroatoms. The first-order chi connectivity index (χ1) is 12.4. The minimum Gasteiger partial charge on any atom is -0.487 e. The van der Waals surface area contributed by atoms with E-state index in [2.05, 4.69) is 5.32 Å². The fourth-order valence-corrected chi connectivity index (χ4v) is 3.90. The summed E-state index contributed by atoms with van der Waals surface area (Å²) in [5.41, 5.74) is 2.97. The summed E-state index contributed by atoms with van der Waals surface area (Å²) in [6, 6.07) is 12.8. The molecule has 2 aliphatic rings. The van der Waals surface area contributed by atoms with Crippen molar-refractivity contribution in [3.05, 3.63) is 48.0 Å². The third-order valence-corrected chi connectivity index (χ3v) is 6.00. The molecule has 2 aromatic carbocycles. The molecule has 1 atom stereocenters. The van der Waals surface area contributed by atoms with Crippen LogP contribution in [0, 0.1) is 5.92 Å². The summed E-state index contributed by atoms with van der Waals surface area (Å²) in [4.78, 5) is 12.1. The van der Waals surface area contributed by atoms with Crippen LogP contribution in [0.2, 0.25) is 0 Å². The second-order valence-corrected chi connectivity index (χ2v) is 9.07. The number of hydrogen-bond donors (Lipinski definition) is 1. The van der Waals surface area contributed by atoms with Crippen molar-refractivity contribution in [3.8, 4) is 16.9 Å². The van der Waals surface area contributed by atoms with E-state index in [0.29, 0.717) is 11.4 Å². The van der Waals surface area contributed by atoms with Gasteiger partial charge in [0.05, 0.1) is 11.4 Å². The van der Waals surface area contributed by atoms with Crippen molar-refractivity contribution in [1.82, 2.24) is 5.32 Å². The maximum absolute atomic E-state index is 11.8. The number of rotatable bonds is 5. The van der Waals surface area contributed by atoms with Crippen LogP contribution in [0.15, 0.2) is 47.4 Å². The first-order valence-corrected chi connectivity index (χ1v) is 10.7. The van der Waals surface area contributed by atoms with E-state index in [0.717, 1.165) is 41.7 Å². The maximum Gasteiger partial charge on any atom is 0.223 e. The standard InChI is InChI=1S/C20H21NO4S/c1-26(23,24)17-9-7-13(8-10-17)18-4-2-3-15-11-16(25-19(15)18)12-21-20(22)14-5-6-14/h2-4,7-10,14,16H,5-6,11-12H2,1H3,(H,21,22)/t16-/m0/s1. The van der Waals surface area contributed by atoms with Gasteiger partial charge in [-0.15, -0.1) is 0 Å². The van der Waals surface area contributed by atoms with E-state index in [1.165, 1.54) is 6.26 Å². The molecule has 0 spiro atoms. The van der Waals surface area contributed by atoms with Gasteiger partial charge in [-0.2, -0.15) is 0 Å². The van der Waals surface area contributed by atoms with Crippen molar-refractivity contribution < 1.29 is 17.9 Å². The largest absolute Gasteiger partial charge is 0.487 e. The summed E-state index contributed by atoms with van der Waals surface area (Å²) in [5, 5.41) is 2.97. The molecular weight excluding hydrogens is 350 g/mol. The highest BCUT2D eigenvalue weighted by Crippen LogP contribution is 2.39. The minimum absolute atomic E-state index is 0.0656. The number of benzene rings is 2. The lowest BCUT2D eigenvalue weighted by atomic mass is 10.0. The third kappa shape index (κ3) is 3.46. The lowest BCUT2D eigenvalue weighted by molar-refractivity contribution is -0.122. The van der Waals surface area contributed by atoms with Crippen LogP contribution in [0.4, 0.5) is 0 Å². The van der Waals surface area contributed by atoms with Gasteiger partial charge in [0.15, 0.2) is 9.84 Å². The smallest absolute Gasteiger partial charge is 0.223 e. The topological polar surface area (TPSA) is 72.5 Å². The molecule has 0 radical (unpaired) electrons. The molecule has 1 aliphatic heterocycles. The Kier molecular flexibility index (Phi) is 4.23. The van der Waals surface area contributed by atoms with E-state index >= 15 is 0 Å². The Labute approximate surface area is 153 Å². The summed E-state index contributed by atoms with van der Waals surface area (Å²) in [6.07, 6.45) is 3.88. The number of carbonyl (C=O) groups is 1. The third-order valence-electron chi connectivity index (χ3n) is 4.87. The molecule has 1 heterocycles. The lowest BCUT2D eigenvalue weighted by Gasteiger charge is -2.13. The summed E-state index contributed by atoms with van der Waals surface area (Å²) < 4.78 is 29.4. The van der Waals surface area contributed by atoms with Crippen LogP contribution in [0.5, 0.6) is 5.75 Å². The van der Waals surface area contributed by atoms with Crippen molar-refractivity contribution in [2.75, 3.05) is 12.8 Å². The molecule has 1 saturated carbocycles. The van der Waals surface area contributed by atoms with E-state index in [9.17, 15) is 13.2 Å². The zero-order chi connectivity index (χ0) is 18.3. The maximum atomic E-state index is 11.8. The van der Waals surface area contributed by atoms with Gasteiger partial charge in [0, 0.05) is 24.2 Å². The molecule has 4 rings (SSSR count). The van der Waals surface area contributed by atoms with E-state index in [1.54, 1.807) is 24.3 Å². The molecule has 26 heavy (non-hydrogen) atoms. The van der Waals surface area contributed by atoms with E-state index in [4.69, 9.17) is 4.74 Å². The predicted molar refractivity (Wildman–Crippen MR) is 98.8 cm³/mol. The Hall–Kier alpha value is -2.34. The summed E-state index contributed by atoms with van der Waals surface area (Å²) >= 11 is 0. The summed E-state index contributed by atoms with van der Waals surface area (Å²) in [5.74, 6) is 1.15. The van der Waals surface area contributed by atoms with Crippen LogP contribution in [-0.4, -0.2) is 33.2 Å². The molecule has 0 unspecified atom stereocenters. The predicted octanol–water partition coefficient (Wildman–Crippen LogP) is 2.59. The van der Waals surface area contributed by atoms with Crippen LogP contribution in [-0.2, 0) is 21.1 Å². The van der Waals surface area contributed by atoms with Crippen LogP contribution in [0.25, 0.3) is 11.1 Å². The highest BCUT2D eigenvalue weighted by molar-refractivity contribution is 7.90. The number of nitrogens with one attached hydrogen (secondary N) is 1. The van der Waals surface area contributed by atoms with Gasteiger partial charge in [-0.1, -0.05) is 30.3 Å². The summed E-state index contributed by atoms with van der Waals surface area (Å²) in [6.45, 7) is 0.510.